The van der Waals surface area contributed by atoms with Gasteiger partial charge in [0.25, 0.3) is 5.91 Å². The van der Waals surface area contributed by atoms with E-state index < -0.39 is 12.5 Å². The smallest absolute Gasteiger partial charge is 0.333 e. The van der Waals surface area contributed by atoms with Gasteiger partial charge in [0.15, 0.2) is 5.70 Å². The Morgan fingerprint density at radius 1 is 1.33 bits per heavy atom. The number of nitrogens with zero attached hydrogens (tertiary/aromatic N) is 3. The number of hydrogen-bond acceptors (Lipinski definition) is 5. The van der Waals surface area contributed by atoms with E-state index >= 15 is 0 Å². The third kappa shape index (κ3) is 4.78. The molecular weight excluding hydrogens is 394 g/mol. The number of nitrogens with one attached hydrogen (secondary N) is 4. The van der Waals surface area contributed by atoms with Gasteiger partial charge in [-0.1, -0.05) is 20.8 Å². The Morgan fingerprint density at radius 3 is 2.73 bits per heavy atom. The van der Waals surface area contributed by atoms with Crippen LogP contribution >= 0.6 is 0 Å². The Labute approximate surface area is 172 Å². The number of hydrazine groups is 1. The Balaban J connectivity index is 1.88. The summed E-state index contributed by atoms with van der Waals surface area (Å²) in [6, 6.07) is 4.97. The van der Waals surface area contributed by atoms with E-state index in [0.717, 1.165) is 12.8 Å². The average Bonchev–Trinajstić information content (AvgIpc) is 3.10. The van der Waals surface area contributed by atoms with Crippen LogP contribution in [0.2, 0.25) is 0 Å². The molecule has 2 heterocycles. The van der Waals surface area contributed by atoms with Crippen molar-refractivity contribution in [1.29, 1.82) is 0 Å². The minimum absolute atomic E-state index is 0.0633. The lowest BCUT2D eigenvalue weighted by Gasteiger charge is -2.26. The van der Waals surface area contributed by atoms with Gasteiger partial charge in [0.2, 0.25) is 5.96 Å². The summed E-state index contributed by atoms with van der Waals surface area (Å²) in [4.78, 5) is 16.5. The lowest BCUT2D eigenvalue weighted by atomic mass is 10.0. The van der Waals surface area contributed by atoms with E-state index in [1.54, 1.807) is 12.1 Å². The molecule has 1 aliphatic heterocycles. The lowest BCUT2D eigenvalue weighted by molar-refractivity contribution is -0.115. The molecule has 3 rings (SSSR count). The first-order chi connectivity index (χ1) is 14.3. The molecule has 162 valence electrons. The van der Waals surface area contributed by atoms with Crippen molar-refractivity contribution in [1.82, 2.24) is 25.9 Å². The topological polar surface area (TPSA) is 121 Å². The van der Waals surface area contributed by atoms with Crippen LogP contribution in [0.4, 0.5) is 14.5 Å². The SMILES string of the molecule is CC[C@H](CC(C)C)N=C1NNC(C(N)=O)=C(Nc2ccc3cnn(C(F)F)c3c2)N1. The highest BCUT2D eigenvalue weighted by Crippen LogP contribution is 2.24. The first kappa shape index (κ1) is 21.3. The minimum Gasteiger partial charge on any atom is -0.364 e. The highest BCUT2D eigenvalue weighted by atomic mass is 19.3. The molecule has 0 spiro atoms. The van der Waals surface area contributed by atoms with Gasteiger partial charge in [-0.3, -0.25) is 15.6 Å². The number of nitrogens with two attached hydrogens (primary N) is 1. The fourth-order valence-electron chi connectivity index (χ4n) is 3.19. The molecule has 1 aromatic heterocycles. The van der Waals surface area contributed by atoms with Gasteiger partial charge in [-0.05, 0) is 37.0 Å². The van der Waals surface area contributed by atoms with Crippen molar-refractivity contribution in [3.8, 4) is 0 Å². The normalized spacial score (nSPS) is 16.6. The summed E-state index contributed by atoms with van der Waals surface area (Å²) in [5.41, 5.74) is 11.8. The fraction of sp³-hybridized carbons (Fsp3) is 0.421. The Bertz CT molecular complexity index is 982. The van der Waals surface area contributed by atoms with E-state index in [0.29, 0.717) is 27.6 Å². The zero-order valence-electron chi connectivity index (χ0n) is 17.0. The highest BCUT2D eigenvalue weighted by molar-refractivity contribution is 5.96. The lowest BCUT2D eigenvalue weighted by Crippen LogP contribution is -2.54. The van der Waals surface area contributed by atoms with E-state index in [9.17, 15) is 13.6 Å². The number of halogens is 2. The van der Waals surface area contributed by atoms with Gasteiger partial charge < -0.3 is 16.4 Å². The van der Waals surface area contributed by atoms with Crippen molar-refractivity contribution in [3.63, 3.8) is 0 Å². The molecule has 1 aromatic carbocycles. The third-order valence-corrected chi connectivity index (χ3v) is 4.62. The van der Waals surface area contributed by atoms with E-state index in [-0.39, 0.29) is 23.1 Å². The van der Waals surface area contributed by atoms with Crippen LogP contribution in [-0.2, 0) is 4.79 Å². The maximum absolute atomic E-state index is 13.1. The number of guanidine groups is 1. The van der Waals surface area contributed by atoms with E-state index in [2.05, 4.69) is 52.3 Å². The number of aromatic nitrogens is 2. The number of fused-ring (bicyclic) bond motifs is 1. The van der Waals surface area contributed by atoms with Crippen molar-refractivity contribution in [3.05, 3.63) is 35.9 Å². The van der Waals surface area contributed by atoms with E-state index in [4.69, 9.17) is 5.73 Å². The second-order valence-corrected chi connectivity index (χ2v) is 7.42. The standard InChI is InChI=1S/C19H26F2N8O/c1-4-12(7-10(2)3)25-19-26-17(15(16(22)30)27-28-19)24-13-6-5-11-9-23-29(18(20)21)14(11)8-13/h5-6,8-10,12,18,24,27H,4,7H2,1-3H3,(H2,22,30)(H2,25,26,28)/t12-/m1/s1. The van der Waals surface area contributed by atoms with Crippen LogP contribution in [0, 0.1) is 5.92 Å². The quantitative estimate of drug-likeness (QED) is 0.447. The summed E-state index contributed by atoms with van der Waals surface area (Å²) in [5.74, 6) is 0.469. The molecule has 6 N–H and O–H groups in total. The second-order valence-electron chi connectivity index (χ2n) is 7.42. The van der Waals surface area contributed by atoms with Crippen molar-refractivity contribution in [2.75, 3.05) is 5.32 Å². The van der Waals surface area contributed by atoms with Crippen molar-refractivity contribution >= 4 is 28.5 Å². The number of hydrogen-bond donors (Lipinski definition) is 5. The molecule has 0 fully saturated rings. The van der Waals surface area contributed by atoms with Crippen LogP contribution in [0.3, 0.4) is 0 Å². The Hall–Kier alpha value is -3.37. The van der Waals surface area contributed by atoms with Crippen LogP contribution in [-0.4, -0.2) is 27.7 Å². The number of carbonyl (C=O) groups is 1. The summed E-state index contributed by atoms with van der Waals surface area (Å²) < 4.78 is 26.9. The second kappa shape index (κ2) is 8.97. The highest BCUT2D eigenvalue weighted by Gasteiger charge is 2.22. The molecule has 0 bridgehead atoms. The fourth-order valence-corrected chi connectivity index (χ4v) is 3.19. The Morgan fingerprint density at radius 2 is 2.10 bits per heavy atom. The molecule has 0 radical (unpaired) electrons. The summed E-state index contributed by atoms with van der Waals surface area (Å²) >= 11 is 0. The van der Waals surface area contributed by atoms with Crippen LogP contribution in [0.15, 0.2) is 40.9 Å². The molecule has 11 heteroatoms. The molecule has 2 aromatic rings. The van der Waals surface area contributed by atoms with Crippen molar-refractivity contribution in [2.45, 2.75) is 46.2 Å². The van der Waals surface area contributed by atoms with Gasteiger partial charge in [0.05, 0.1) is 17.8 Å². The van der Waals surface area contributed by atoms with Crippen LogP contribution in [0.25, 0.3) is 10.9 Å². The van der Waals surface area contributed by atoms with E-state index in [1.807, 2.05) is 0 Å². The maximum atomic E-state index is 13.1. The van der Waals surface area contributed by atoms with Gasteiger partial charge in [0, 0.05) is 11.1 Å². The molecule has 9 nitrogen and oxygen atoms in total. The van der Waals surface area contributed by atoms with Crippen LogP contribution in [0.1, 0.15) is 40.2 Å². The number of rotatable bonds is 8. The summed E-state index contributed by atoms with van der Waals surface area (Å²) in [6.07, 6.45) is 3.13. The van der Waals surface area contributed by atoms with Gasteiger partial charge >= 0.3 is 6.55 Å². The molecule has 30 heavy (non-hydrogen) atoms. The van der Waals surface area contributed by atoms with Gasteiger partial charge in [0.1, 0.15) is 5.82 Å². The predicted octanol–water partition coefficient (Wildman–Crippen LogP) is 2.38. The summed E-state index contributed by atoms with van der Waals surface area (Å²) in [7, 11) is 0. The number of aliphatic imine (C=N–C) groups is 1. The van der Waals surface area contributed by atoms with Crippen LogP contribution < -0.4 is 27.2 Å². The number of carbonyl (C=O) groups excluding carboxylic acids is 1. The van der Waals surface area contributed by atoms with Gasteiger partial charge in [-0.25, -0.2) is 9.67 Å². The molecule has 1 amide bonds. The summed E-state index contributed by atoms with van der Waals surface area (Å²) in [6.45, 7) is 3.54. The predicted molar refractivity (Wildman–Crippen MR) is 111 cm³/mol. The molecule has 1 aliphatic rings. The number of anilines is 1. The molecule has 0 aliphatic carbocycles. The van der Waals surface area contributed by atoms with Gasteiger partial charge in [-0.2, -0.15) is 13.9 Å². The van der Waals surface area contributed by atoms with Crippen LogP contribution in [0.5, 0.6) is 0 Å². The number of alkyl halides is 2. The summed E-state index contributed by atoms with van der Waals surface area (Å²) in [5, 5.41) is 10.3. The average molecular weight is 420 g/mol. The van der Waals surface area contributed by atoms with E-state index in [1.165, 1.54) is 12.3 Å². The number of primary amides is 1. The van der Waals surface area contributed by atoms with Crippen molar-refractivity contribution in [2.24, 2.45) is 16.6 Å². The molecule has 1 atom stereocenters. The number of benzene rings is 1. The zero-order valence-corrected chi connectivity index (χ0v) is 17.0. The molecule has 0 saturated heterocycles. The monoisotopic (exact) mass is 420 g/mol. The molecule has 0 saturated carbocycles. The Kier molecular flexibility index (Phi) is 6.38. The first-order valence-electron chi connectivity index (χ1n) is 9.71. The zero-order chi connectivity index (χ0) is 21.8. The van der Waals surface area contributed by atoms with Crippen molar-refractivity contribution < 1.29 is 13.6 Å². The minimum atomic E-state index is -2.76. The largest absolute Gasteiger partial charge is 0.364 e. The number of amides is 1. The first-order valence-corrected chi connectivity index (χ1v) is 9.71. The maximum Gasteiger partial charge on any atom is 0.333 e. The molecule has 0 unspecified atom stereocenters. The molecular formula is C19H26F2N8O. The van der Waals surface area contributed by atoms with Gasteiger partial charge in [-0.15, -0.1) is 0 Å². The third-order valence-electron chi connectivity index (χ3n) is 4.62.